The lowest BCUT2D eigenvalue weighted by molar-refractivity contribution is 0.0452. The van der Waals surface area contributed by atoms with E-state index in [-0.39, 0.29) is 11.5 Å². The Kier molecular flexibility index (Phi) is 3.19. The first-order valence-electron chi connectivity index (χ1n) is 6.03. The van der Waals surface area contributed by atoms with Gasteiger partial charge in [0, 0.05) is 0 Å². The number of aromatic nitrogens is 2. The highest BCUT2D eigenvalue weighted by atomic mass is 16.5. The SMILES string of the molecule is CC(C)COC(=O)c1cnc(C2(N)CCC2)[nH]1. The monoisotopic (exact) mass is 237 g/mol. The van der Waals surface area contributed by atoms with Crippen LogP contribution in [0.5, 0.6) is 0 Å². The molecule has 5 heteroatoms. The lowest BCUT2D eigenvalue weighted by Crippen LogP contribution is -2.44. The molecule has 1 aliphatic rings. The number of nitrogens with two attached hydrogens (primary N) is 1. The predicted molar refractivity (Wildman–Crippen MR) is 63.4 cm³/mol. The molecule has 1 aromatic rings. The van der Waals surface area contributed by atoms with E-state index >= 15 is 0 Å². The minimum absolute atomic E-state index is 0.328. The fraction of sp³-hybridized carbons (Fsp3) is 0.667. The van der Waals surface area contributed by atoms with E-state index in [9.17, 15) is 4.79 Å². The van der Waals surface area contributed by atoms with Crippen molar-refractivity contribution in [3.8, 4) is 0 Å². The summed E-state index contributed by atoms with van der Waals surface area (Å²) >= 11 is 0. The Balaban J connectivity index is 2.00. The number of esters is 1. The second kappa shape index (κ2) is 4.49. The maximum absolute atomic E-state index is 11.7. The van der Waals surface area contributed by atoms with Crippen LogP contribution < -0.4 is 5.73 Å². The smallest absolute Gasteiger partial charge is 0.356 e. The zero-order valence-electron chi connectivity index (χ0n) is 10.3. The topological polar surface area (TPSA) is 81.0 Å². The van der Waals surface area contributed by atoms with Crippen molar-refractivity contribution in [1.29, 1.82) is 0 Å². The highest BCUT2D eigenvalue weighted by Gasteiger charge is 2.37. The summed E-state index contributed by atoms with van der Waals surface area (Å²) in [6.07, 6.45) is 4.46. The van der Waals surface area contributed by atoms with Gasteiger partial charge in [-0.15, -0.1) is 0 Å². The standard InChI is InChI=1S/C12H19N3O2/c1-8(2)7-17-10(16)9-6-14-11(15-9)12(13)4-3-5-12/h6,8H,3-5,7,13H2,1-2H3,(H,14,15). The minimum Gasteiger partial charge on any atom is -0.461 e. The Morgan fingerprint density at radius 1 is 1.65 bits per heavy atom. The summed E-state index contributed by atoms with van der Waals surface area (Å²) in [6, 6.07) is 0. The summed E-state index contributed by atoms with van der Waals surface area (Å²) in [6.45, 7) is 4.41. The van der Waals surface area contributed by atoms with Gasteiger partial charge in [0.25, 0.3) is 0 Å². The van der Waals surface area contributed by atoms with E-state index < -0.39 is 0 Å². The van der Waals surface area contributed by atoms with E-state index in [0.717, 1.165) is 19.3 Å². The molecular weight excluding hydrogens is 218 g/mol. The number of nitrogens with zero attached hydrogens (tertiary/aromatic N) is 1. The highest BCUT2D eigenvalue weighted by Crippen LogP contribution is 2.36. The van der Waals surface area contributed by atoms with Crippen molar-refractivity contribution in [3.05, 3.63) is 17.7 Å². The largest absolute Gasteiger partial charge is 0.461 e. The van der Waals surface area contributed by atoms with E-state index in [2.05, 4.69) is 9.97 Å². The molecule has 1 heterocycles. The molecular formula is C12H19N3O2. The first kappa shape index (κ1) is 12.1. The third-order valence-electron chi connectivity index (χ3n) is 3.06. The van der Waals surface area contributed by atoms with Crippen molar-refractivity contribution in [1.82, 2.24) is 9.97 Å². The van der Waals surface area contributed by atoms with Crippen LogP contribution in [0.2, 0.25) is 0 Å². The molecule has 94 valence electrons. The summed E-state index contributed by atoms with van der Waals surface area (Å²) in [5.41, 5.74) is 6.14. The molecule has 2 rings (SSSR count). The fourth-order valence-corrected chi connectivity index (χ4v) is 1.79. The predicted octanol–water partition coefficient (Wildman–Crippen LogP) is 1.56. The Hall–Kier alpha value is -1.36. The average Bonchev–Trinajstić information content (AvgIpc) is 2.72. The van der Waals surface area contributed by atoms with Gasteiger partial charge in [-0.25, -0.2) is 9.78 Å². The maximum Gasteiger partial charge on any atom is 0.356 e. The molecule has 0 spiro atoms. The van der Waals surface area contributed by atoms with E-state index in [1.165, 1.54) is 6.20 Å². The minimum atomic E-state index is -0.365. The summed E-state index contributed by atoms with van der Waals surface area (Å²) in [4.78, 5) is 18.8. The van der Waals surface area contributed by atoms with E-state index in [1.807, 2.05) is 13.8 Å². The quantitative estimate of drug-likeness (QED) is 0.779. The molecule has 1 aliphatic carbocycles. The molecule has 0 atom stereocenters. The van der Waals surface area contributed by atoms with Crippen LogP contribution in [0.15, 0.2) is 6.20 Å². The number of hydrogen-bond acceptors (Lipinski definition) is 4. The number of aromatic amines is 1. The third-order valence-corrected chi connectivity index (χ3v) is 3.06. The maximum atomic E-state index is 11.7. The number of hydrogen-bond donors (Lipinski definition) is 2. The van der Waals surface area contributed by atoms with Gasteiger partial charge < -0.3 is 15.5 Å². The lowest BCUT2D eigenvalue weighted by Gasteiger charge is -2.35. The first-order valence-corrected chi connectivity index (χ1v) is 6.03. The van der Waals surface area contributed by atoms with Gasteiger partial charge >= 0.3 is 5.97 Å². The molecule has 0 aromatic carbocycles. The number of carbonyl (C=O) groups excluding carboxylic acids is 1. The Morgan fingerprint density at radius 3 is 2.88 bits per heavy atom. The first-order chi connectivity index (χ1) is 8.01. The average molecular weight is 237 g/mol. The fourth-order valence-electron chi connectivity index (χ4n) is 1.79. The third kappa shape index (κ3) is 2.49. The number of nitrogens with one attached hydrogen (secondary N) is 1. The van der Waals surface area contributed by atoms with Gasteiger partial charge in [0.15, 0.2) is 0 Å². The molecule has 3 N–H and O–H groups in total. The Labute approximate surface area is 101 Å². The van der Waals surface area contributed by atoms with Crippen molar-refractivity contribution >= 4 is 5.97 Å². The van der Waals surface area contributed by atoms with Gasteiger partial charge in [0.2, 0.25) is 0 Å². The van der Waals surface area contributed by atoms with Crippen LogP contribution >= 0.6 is 0 Å². The Bertz CT molecular complexity index is 408. The van der Waals surface area contributed by atoms with E-state index in [0.29, 0.717) is 24.0 Å². The molecule has 0 amide bonds. The molecule has 17 heavy (non-hydrogen) atoms. The normalized spacial score (nSPS) is 17.9. The highest BCUT2D eigenvalue weighted by molar-refractivity contribution is 5.87. The van der Waals surface area contributed by atoms with Gasteiger partial charge in [0.1, 0.15) is 11.5 Å². The van der Waals surface area contributed by atoms with Crippen molar-refractivity contribution in [2.24, 2.45) is 11.7 Å². The summed E-state index contributed by atoms with van der Waals surface area (Å²) in [7, 11) is 0. The van der Waals surface area contributed by atoms with Crippen LogP contribution in [0.1, 0.15) is 49.4 Å². The van der Waals surface area contributed by atoms with Crippen molar-refractivity contribution in [3.63, 3.8) is 0 Å². The van der Waals surface area contributed by atoms with Crippen LogP contribution in [0.4, 0.5) is 0 Å². The molecule has 5 nitrogen and oxygen atoms in total. The lowest BCUT2D eigenvalue weighted by atomic mass is 9.77. The second-order valence-corrected chi connectivity index (χ2v) is 5.15. The molecule has 0 radical (unpaired) electrons. The second-order valence-electron chi connectivity index (χ2n) is 5.15. The molecule has 0 aliphatic heterocycles. The number of imidazole rings is 1. The van der Waals surface area contributed by atoms with E-state index in [4.69, 9.17) is 10.5 Å². The zero-order chi connectivity index (χ0) is 12.5. The van der Waals surface area contributed by atoms with Crippen LogP contribution in [0, 0.1) is 5.92 Å². The molecule has 0 bridgehead atoms. The van der Waals surface area contributed by atoms with Gasteiger partial charge in [-0.1, -0.05) is 13.8 Å². The summed E-state index contributed by atoms with van der Waals surface area (Å²) < 4.78 is 5.12. The molecule has 1 aromatic heterocycles. The summed E-state index contributed by atoms with van der Waals surface area (Å²) in [5, 5.41) is 0. The zero-order valence-corrected chi connectivity index (χ0v) is 10.3. The molecule has 1 fully saturated rings. The number of ether oxygens (including phenoxy) is 1. The van der Waals surface area contributed by atoms with Gasteiger partial charge in [-0.05, 0) is 25.2 Å². The number of H-pyrrole nitrogens is 1. The van der Waals surface area contributed by atoms with Gasteiger partial charge in [-0.2, -0.15) is 0 Å². The van der Waals surface area contributed by atoms with Crippen LogP contribution in [-0.2, 0) is 10.3 Å². The molecule has 0 unspecified atom stereocenters. The van der Waals surface area contributed by atoms with Crippen LogP contribution in [0.25, 0.3) is 0 Å². The van der Waals surface area contributed by atoms with Crippen molar-refractivity contribution in [2.75, 3.05) is 6.61 Å². The molecule has 0 saturated heterocycles. The van der Waals surface area contributed by atoms with Crippen molar-refractivity contribution in [2.45, 2.75) is 38.6 Å². The van der Waals surface area contributed by atoms with Crippen LogP contribution in [-0.4, -0.2) is 22.5 Å². The molecule has 1 saturated carbocycles. The van der Waals surface area contributed by atoms with Gasteiger partial charge in [-0.3, -0.25) is 0 Å². The van der Waals surface area contributed by atoms with E-state index in [1.54, 1.807) is 0 Å². The Morgan fingerprint density at radius 2 is 2.35 bits per heavy atom. The summed E-state index contributed by atoms with van der Waals surface area (Å²) in [5.74, 6) is 0.662. The van der Waals surface area contributed by atoms with Crippen molar-refractivity contribution < 1.29 is 9.53 Å². The van der Waals surface area contributed by atoms with Gasteiger partial charge in [0.05, 0.1) is 18.3 Å². The number of carbonyl (C=O) groups is 1. The van der Waals surface area contributed by atoms with Crippen LogP contribution in [0.3, 0.4) is 0 Å². The number of rotatable bonds is 4.